The Balaban J connectivity index is 0.00000225. The Morgan fingerprint density at radius 1 is 1.11 bits per heavy atom. The number of nitrogens with zero attached hydrogens (tertiary/aromatic N) is 2. The first-order valence-corrected chi connectivity index (χ1v) is 9.45. The summed E-state index contributed by atoms with van der Waals surface area (Å²) in [4.78, 5) is 13.1. The number of hydrogen-bond acceptors (Lipinski definition) is 3. The van der Waals surface area contributed by atoms with Crippen molar-refractivity contribution in [2.45, 2.75) is 31.8 Å². The average Bonchev–Trinajstić information content (AvgIpc) is 3.15. The number of piperidine rings is 1. The van der Waals surface area contributed by atoms with Gasteiger partial charge in [0.15, 0.2) is 0 Å². The van der Waals surface area contributed by atoms with Crippen molar-refractivity contribution < 1.29 is 4.79 Å². The molecule has 4 rings (SSSR count). The highest BCUT2D eigenvalue weighted by atomic mass is 35.5. The van der Waals surface area contributed by atoms with Crippen LogP contribution in [0.5, 0.6) is 0 Å². The molecule has 0 saturated carbocycles. The third-order valence-corrected chi connectivity index (χ3v) is 4.99. The van der Waals surface area contributed by atoms with Crippen LogP contribution in [0.25, 0.3) is 16.9 Å². The summed E-state index contributed by atoms with van der Waals surface area (Å²) in [6, 6.07) is 20.4. The first-order valence-electron chi connectivity index (χ1n) is 9.45. The van der Waals surface area contributed by atoms with E-state index in [0.717, 1.165) is 30.6 Å². The molecule has 0 radical (unpaired) electrons. The van der Waals surface area contributed by atoms with Crippen molar-refractivity contribution in [1.29, 1.82) is 0 Å². The molecule has 1 aromatic heterocycles. The van der Waals surface area contributed by atoms with Gasteiger partial charge < -0.3 is 10.6 Å². The number of halogens is 1. The molecule has 1 aliphatic heterocycles. The maximum atomic E-state index is 13.1. The molecule has 0 spiro atoms. The zero-order chi connectivity index (χ0) is 18.6. The Hall–Kier alpha value is -2.63. The van der Waals surface area contributed by atoms with Crippen LogP contribution in [-0.2, 0) is 0 Å². The van der Waals surface area contributed by atoms with E-state index in [0.29, 0.717) is 17.3 Å². The number of para-hydroxylation sites is 1. The molecule has 3 aromatic rings. The topological polar surface area (TPSA) is 59.0 Å². The van der Waals surface area contributed by atoms with Crippen LogP contribution in [0.1, 0.15) is 30.1 Å². The van der Waals surface area contributed by atoms with Crippen LogP contribution in [0.2, 0.25) is 0 Å². The van der Waals surface area contributed by atoms with E-state index < -0.39 is 0 Å². The van der Waals surface area contributed by atoms with E-state index in [1.807, 2.05) is 66.9 Å². The Kier molecular flexibility index (Phi) is 6.49. The smallest absolute Gasteiger partial charge is 0.255 e. The van der Waals surface area contributed by atoms with Gasteiger partial charge in [0.25, 0.3) is 5.91 Å². The third-order valence-electron chi connectivity index (χ3n) is 4.99. The maximum Gasteiger partial charge on any atom is 0.255 e. The molecule has 1 aliphatic rings. The van der Waals surface area contributed by atoms with Gasteiger partial charge in [-0.15, -0.1) is 12.4 Å². The van der Waals surface area contributed by atoms with Gasteiger partial charge in [0.1, 0.15) is 5.69 Å². The number of hydrogen-bond donors (Lipinski definition) is 2. The molecule has 1 fully saturated rings. The minimum Gasteiger partial charge on any atom is -0.349 e. The molecule has 2 aromatic carbocycles. The molecule has 2 unspecified atom stereocenters. The summed E-state index contributed by atoms with van der Waals surface area (Å²) in [5.41, 5.74) is 3.19. The van der Waals surface area contributed by atoms with Crippen molar-refractivity contribution in [3.63, 3.8) is 0 Å². The van der Waals surface area contributed by atoms with Crippen LogP contribution in [0.4, 0.5) is 0 Å². The normalized spacial score (nSPS) is 18.9. The summed E-state index contributed by atoms with van der Waals surface area (Å²) in [5.74, 6) is -0.0601. The Morgan fingerprint density at radius 3 is 2.46 bits per heavy atom. The van der Waals surface area contributed by atoms with Crippen LogP contribution in [0.15, 0.2) is 66.9 Å². The fourth-order valence-corrected chi connectivity index (χ4v) is 3.59. The van der Waals surface area contributed by atoms with E-state index in [-0.39, 0.29) is 24.4 Å². The summed E-state index contributed by atoms with van der Waals surface area (Å²) >= 11 is 0. The molecule has 146 valence electrons. The summed E-state index contributed by atoms with van der Waals surface area (Å²) in [6.07, 6.45) is 3.72. The second kappa shape index (κ2) is 9.04. The van der Waals surface area contributed by atoms with Crippen molar-refractivity contribution in [3.8, 4) is 16.9 Å². The van der Waals surface area contributed by atoms with E-state index >= 15 is 0 Å². The molecule has 1 amide bonds. The number of carbonyl (C=O) groups excluding carboxylic acids is 1. The van der Waals surface area contributed by atoms with Gasteiger partial charge in [0, 0.05) is 23.8 Å². The molecular weight excluding hydrogens is 372 g/mol. The van der Waals surface area contributed by atoms with Gasteiger partial charge in [-0.3, -0.25) is 4.79 Å². The van der Waals surface area contributed by atoms with Crippen LogP contribution in [0.3, 0.4) is 0 Å². The summed E-state index contributed by atoms with van der Waals surface area (Å²) < 4.78 is 1.78. The van der Waals surface area contributed by atoms with Crippen molar-refractivity contribution in [2.24, 2.45) is 0 Å². The lowest BCUT2D eigenvalue weighted by Crippen LogP contribution is -2.46. The summed E-state index contributed by atoms with van der Waals surface area (Å²) in [7, 11) is 0. The number of amides is 1. The molecule has 6 heteroatoms. The third kappa shape index (κ3) is 4.43. The lowest BCUT2D eigenvalue weighted by molar-refractivity contribution is 0.0926. The zero-order valence-corrected chi connectivity index (χ0v) is 16.7. The minimum atomic E-state index is -0.0601. The Labute approximate surface area is 171 Å². The second-order valence-electron chi connectivity index (χ2n) is 7.09. The van der Waals surface area contributed by atoms with Crippen LogP contribution < -0.4 is 10.6 Å². The van der Waals surface area contributed by atoms with E-state index in [9.17, 15) is 4.79 Å². The van der Waals surface area contributed by atoms with Crippen molar-refractivity contribution in [2.75, 3.05) is 6.54 Å². The maximum absolute atomic E-state index is 13.1. The van der Waals surface area contributed by atoms with Crippen molar-refractivity contribution in [1.82, 2.24) is 20.4 Å². The fraction of sp³-hybridized carbons (Fsp3) is 0.273. The van der Waals surface area contributed by atoms with Crippen LogP contribution >= 0.6 is 12.4 Å². The molecule has 2 N–H and O–H groups in total. The highest BCUT2D eigenvalue weighted by Gasteiger charge is 2.24. The predicted octanol–water partition coefficient (Wildman–Crippen LogP) is 3.83. The van der Waals surface area contributed by atoms with Gasteiger partial charge in [-0.25, -0.2) is 4.68 Å². The number of carbonyl (C=O) groups is 1. The van der Waals surface area contributed by atoms with Crippen LogP contribution in [0, 0.1) is 0 Å². The van der Waals surface area contributed by atoms with Crippen molar-refractivity contribution >= 4 is 18.3 Å². The van der Waals surface area contributed by atoms with E-state index in [2.05, 4.69) is 17.6 Å². The van der Waals surface area contributed by atoms with Gasteiger partial charge in [0.05, 0.1) is 11.3 Å². The molecule has 1 saturated heterocycles. The van der Waals surface area contributed by atoms with Gasteiger partial charge in [-0.1, -0.05) is 48.5 Å². The average molecular weight is 397 g/mol. The number of aromatic nitrogens is 2. The SMILES string of the molecule is CC1CC(NC(=O)c2cn(-c3ccccc3)nc2-c2ccccc2)CCN1.Cl. The van der Waals surface area contributed by atoms with Gasteiger partial charge >= 0.3 is 0 Å². The molecule has 2 atom stereocenters. The fourth-order valence-electron chi connectivity index (χ4n) is 3.59. The minimum absolute atomic E-state index is 0. The van der Waals surface area contributed by atoms with Gasteiger partial charge in [0.2, 0.25) is 0 Å². The standard InChI is InChI=1S/C22H24N4O.ClH/c1-16-14-18(12-13-23-16)24-22(27)20-15-26(19-10-6-3-7-11-19)25-21(20)17-8-4-2-5-9-17;/h2-11,15-16,18,23H,12-14H2,1H3,(H,24,27);1H. The summed E-state index contributed by atoms with van der Waals surface area (Å²) in [5, 5.41) is 11.4. The van der Waals surface area contributed by atoms with Crippen molar-refractivity contribution in [3.05, 3.63) is 72.4 Å². The summed E-state index contributed by atoms with van der Waals surface area (Å²) in [6.45, 7) is 3.09. The van der Waals surface area contributed by atoms with Gasteiger partial charge in [-0.05, 0) is 38.4 Å². The number of nitrogens with one attached hydrogen (secondary N) is 2. The molecule has 28 heavy (non-hydrogen) atoms. The molecule has 0 aliphatic carbocycles. The number of rotatable bonds is 4. The quantitative estimate of drug-likeness (QED) is 0.704. The van der Waals surface area contributed by atoms with E-state index in [4.69, 9.17) is 5.10 Å². The lowest BCUT2D eigenvalue weighted by Gasteiger charge is -2.28. The van der Waals surface area contributed by atoms with Crippen LogP contribution in [-0.4, -0.2) is 34.3 Å². The molecular formula is C22H25ClN4O. The van der Waals surface area contributed by atoms with E-state index in [1.54, 1.807) is 4.68 Å². The molecule has 0 bridgehead atoms. The largest absolute Gasteiger partial charge is 0.349 e. The Bertz CT molecular complexity index is 911. The highest BCUT2D eigenvalue weighted by molar-refractivity contribution is 6.00. The highest BCUT2D eigenvalue weighted by Crippen LogP contribution is 2.24. The predicted molar refractivity (Wildman–Crippen MR) is 114 cm³/mol. The number of benzene rings is 2. The first kappa shape index (κ1) is 20.1. The molecule has 2 heterocycles. The molecule has 5 nitrogen and oxygen atoms in total. The monoisotopic (exact) mass is 396 g/mol. The van der Waals surface area contributed by atoms with E-state index in [1.165, 1.54) is 0 Å². The lowest BCUT2D eigenvalue weighted by atomic mass is 10.00. The first-order chi connectivity index (χ1) is 13.2. The van der Waals surface area contributed by atoms with Gasteiger partial charge in [-0.2, -0.15) is 5.10 Å². The zero-order valence-electron chi connectivity index (χ0n) is 15.8. The second-order valence-corrected chi connectivity index (χ2v) is 7.09. The Morgan fingerprint density at radius 2 is 1.79 bits per heavy atom.